The van der Waals surface area contributed by atoms with Crippen LogP contribution in [0.1, 0.15) is 38.5 Å². The number of rotatable bonds is 3. The molecule has 2 atom stereocenters. The molecule has 1 aromatic carbocycles. The number of morpholine rings is 1. The lowest BCUT2D eigenvalue weighted by Crippen LogP contribution is -2.59. The van der Waals surface area contributed by atoms with E-state index in [4.69, 9.17) is 9.47 Å². The number of nitrogens with one attached hydrogen (secondary N) is 1. The van der Waals surface area contributed by atoms with Crippen LogP contribution < -0.4 is 15.0 Å². The molecule has 3 saturated heterocycles. The lowest BCUT2D eigenvalue weighted by Gasteiger charge is -2.43. The first-order chi connectivity index (χ1) is 17.8. The Hall–Kier alpha value is -1.92. The number of nitrogens with zero attached hydrogens (tertiary/aromatic N) is 3. The third-order valence-corrected chi connectivity index (χ3v) is 10.6. The van der Waals surface area contributed by atoms with Gasteiger partial charge >= 0.3 is 0 Å². The van der Waals surface area contributed by atoms with Crippen molar-refractivity contribution in [1.82, 2.24) is 14.5 Å². The maximum Gasteiger partial charge on any atom is 0.247 e. The van der Waals surface area contributed by atoms with Crippen molar-refractivity contribution in [3.8, 4) is 5.75 Å². The zero-order valence-corrected chi connectivity index (χ0v) is 22.1. The van der Waals surface area contributed by atoms with Crippen molar-refractivity contribution in [2.75, 3.05) is 64.0 Å². The van der Waals surface area contributed by atoms with Crippen LogP contribution in [0.15, 0.2) is 23.1 Å². The molecule has 2 N–H and O–H groups in total. The minimum atomic E-state index is -4.07. The molecule has 0 radical (unpaired) electrons. The highest BCUT2D eigenvalue weighted by atomic mass is 32.2. The number of aliphatic hydroxyl groups is 1. The van der Waals surface area contributed by atoms with Gasteiger partial charge in [0.2, 0.25) is 15.9 Å². The van der Waals surface area contributed by atoms with Crippen LogP contribution in [-0.2, 0) is 19.6 Å². The van der Waals surface area contributed by atoms with E-state index < -0.39 is 27.7 Å². The normalized spacial score (nSPS) is 30.6. The average molecular weight is 535 g/mol. The minimum absolute atomic E-state index is 0.0478. The summed E-state index contributed by atoms with van der Waals surface area (Å²) in [6.45, 7) is 5.84. The maximum atomic E-state index is 13.8. The first-order valence-electron chi connectivity index (χ1n) is 13.7. The molecule has 0 unspecified atom stereocenters. The molecule has 5 aliphatic rings. The van der Waals surface area contributed by atoms with Gasteiger partial charge in [0.1, 0.15) is 16.7 Å². The van der Waals surface area contributed by atoms with Gasteiger partial charge < -0.3 is 29.7 Å². The summed E-state index contributed by atoms with van der Waals surface area (Å²) < 4.78 is 40.6. The molecule has 1 amide bonds. The third-order valence-electron chi connectivity index (χ3n) is 8.68. The van der Waals surface area contributed by atoms with Gasteiger partial charge in [-0.05, 0) is 43.7 Å². The molecular weight excluding hydrogens is 496 g/mol. The summed E-state index contributed by atoms with van der Waals surface area (Å²) in [5.41, 5.74) is 0.439. The number of piperidine rings is 1. The predicted octanol–water partition coefficient (Wildman–Crippen LogP) is 0.790. The van der Waals surface area contributed by atoms with Crippen molar-refractivity contribution >= 4 is 21.6 Å². The van der Waals surface area contributed by atoms with Crippen molar-refractivity contribution in [2.24, 2.45) is 5.92 Å². The Morgan fingerprint density at radius 3 is 2.54 bits per heavy atom. The number of carbonyl (C=O) groups is 1. The van der Waals surface area contributed by atoms with Gasteiger partial charge in [0.05, 0.1) is 25.9 Å². The summed E-state index contributed by atoms with van der Waals surface area (Å²) >= 11 is 0. The Labute approximate surface area is 218 Å². The summed E-state index contributed by atoms with van der Waals surface area (Å²) in [6, 6.07) is 4.24. The molecule has 1 aromatic rings. The van der Waals surface area contributed by atoms with E-state index in [2.05, 4.69) is 15.1 Å². The van der Waals surface area contributed by atoms with Crippen molar-refractivity contribution in [3.63, 3.8) is 0 Å². The van der Waals surface area contributed by atoms with Crippen LogP contribution in [0.4, 0.5) is 5.69 Å². The Morgan fingerprint density at radius 2 is 1.81 bits per heavy atom. The number of ether oxygens (including phenoxy) is 2. The Balaban J connectivity index is 1.31. The van der Waals surface area contributed by atoms with E-state index >= 15 is 0 Å². The summed E-state index contributed by atoms with van der Waals surface area (Å²) in [4.78, 5) is 18.3. The number of hydrogen-bond acceptors (Lipinski definition) is 8. The van der Waals surface area contributed by atoms with Crippen LogP contribution in [0.25, 0.3) is 0 Å². The molecule has 4 heterocycles. The van der Waals surface area contributed by atoms with Crippen molar-refractivity contribution < 1.29 is 27.8 Å². The first-order valence-corrected chi connectivity index (χ1v) is 15.1. The fourth-order valence-electron chi connectivity index (χ4n) is 6.22. The SMILES string of the molecule is O=C1NC2(CCOc3cc(N4CCOCC4)ccc3S(=O)(=O)N3C[C@H](O)C[C@@H]13)CCN(CC1CC1)CC2. The monoisotopic (exact) mass is 534 g/mol. The van der Waals surface area contributed by atoms with Gasteiger partial charge in [0.25, 0.3) is 0 Å². The van der Waals surface area contributed by atoms with Gasteiger partial charge in [0, 0.05) is 69.4 Å². The molecule has 6 rings (SSSR count). The van der Waals surface area contributed by atoms with Crippen LogP contribution in [0.5, 0.6) is 5.75 Å². The van der Waals surface area contributed by atoms with E-state index in [1.807, 2.05) is 0 Å². The highest BCUT2D eigenvalue weighted by Crippen LogP contribution is 2.38. The summed E-state index contributed by atoms with van der Waals surface area (Å²) in [5.74, 6) is 0.805. The third kappa shape index (κ3) is 5.21. The van der Waals surface area contributed by atoms with Gasteiger partial charge in [0.15, 0.2) is 0 Å². The second-order valence-corrected chi connectivity index (χ2v) is 13.2. The molecule has 4 fully saturated rings. The van der Waals surface area contributed by atoms with E-state index in [9.17, 15) is 18.3 Å². The molecule has 11 heteroatoms. The molecule has 1 aliphatic carbocycles. The smallest absolute Gasteiger partial charge is 0.247 e. The van der Waals surface area contributed by atoms with E-state index in [0.717, 1.165) is 57.2 Å². The number of benzene rings is 1. The number of aliphatic hydroxyl groups excluding tert-OH is 1. The van der Waals surface area contributed by atoms with Gasteiger partial charge in [-0.2, -0.15) is 4.31 Å². The maximum absolute atomic E-state index is 13.8. The van der Waals surface area contributed by atoms with Crippen LogP contribution >= 0.6 is 0 Å². The summed E-state index contributed by atoms with van der Waals surface area (Å²) in [5, 5.41) is 13.7. The molecule has 0 aromatic heterocycles. The Kier molecular flexibility index (Phi) is 6.85. The van der Waals surface area contributed by atoms with Gasteiger partial charge in [-0.1, -0.05) is 0 Å². The van der Waals surface area contributed by atoms with Crippen LogP contribution in [0, 0.1) is 5.92 Å². The number of sulfonamides is 1. The van der Waals surface area contributed by atoms with E-state index in [1.54, 1.807) is 18.2 Å². The quantitative estimate of drug-likeness (QED) is 0.586. The van der Waals surface area contributed by atoms with Gasteiger partial charge in [-0.3, -0.25) is 4.79 Å². The molecule has 10 nitrogen and oxygen atoms in total. The van der Waals surface area contributed by atoms with Crippen LogP contribution in [0.2, 0.25) is 0 Å². The molecule has 1 spiro atoms. The van der Waals surface area contributed by atoms with Crippen LogP contribution in [0.3, 0.4) is 0 Å². The van der Waals surface area contributed by atoms with Gasteiger partial charge in [-0.25, -0.2) is 8.42 Å². The second kappa shape index (κ2) is 10.00. The topological polar surface area (TPSA) is 112 Å². The molecule has 204 valence electrons. The van der Waals surface area contributed by atoms with E-state index in [1.165, 1.54) is 17.1 Å². The van der Waals surface area contributed by atoms with Crippen molar-refractivity contribution in [2.45, 2.75) is 61.1 Å². The van der Waals surface area contributed by atoms with E-state index in [-0.39, 0.29) is 23.8 Å². The number of likely N-dealkylation sites (tertiary alicyclic amines) is 1. The summed E-state index contributed by atoms with van der Waals surface area (Å²) in [6.07, 6.45) is 4.04. The molecule has 0 bridgehead atoms. The fourth-order valence-corrected chi connectivity index (χ4v) is 7.97. The number of fused-ring (bicyclic) bond motifs is 2. The molecule has 1 saturated carbocycles. The second-order valence-electron chi connectivity index (χ2n) is 11.3. The highest BCUT2D eigenvalue weighted by molar-refractivity contribution is 7.89. The zero-order chi connectivity index (χ0) is 25.6. The van der Waals surface area contributed by atoms with Crippen molar-refractivity contribution in [1.29, 1.82) is 0 Å². The number of carbonyl (C=O) groups excluding carboxylic acids is 1. The Bertz CT molecular complexity index is 1110. The molecule has 37 heavy (non-hydrogen) atoms. The fraction of sp³-hybridized carbons (Fsp3) is 0.731. The number of hydrogen-bond donors (Lipinski definition) is 2. The van der Waals surface area contributed by atoms with E-state index in [0.29, 0.717) is 32.0 Å². The standard InChI is InChI=1S/C26H38N4O6S/c31-21-16-22-25(32)27-26(5-8-28(9-6-26)17-19-1-2-19)7-12-36-23-15-20(29-10-13-35-14-11-29)3-4-24(23)37(33,34)30(22)18-21/h3-4,15,19,21-22,31H,1-2,5-14,16-18H2,(H,27,32)/t21-,22+/m1/s1. The van der Waals surface area contributed by atoms with Crippen LogP contribution in [-0.4, -0.2) is 105 Å². The molecular formula is C26H38N4O6S. The Morgan fingerprint density at radius 1 is 1.05 bits per heavy atom. The predicted molar refractivity (Wildman–Crippen MR) is 137 cm³/mol. The minimum Gasteiger partial charge on any atom is -0.492 e. The highest BCUT2D eigenvalue weighted by Gasteiger charge is 2.47. The lowest BCUT2D eigenvalue weighted by atomic mass is 9.84. The average Bonchev–Trinajstić information content (AvgIpc) is 3.62. The number of anilines is 1. The first kappa shape index (κ1) is 25.4. The van der Waals surface area contributed by atoms with Gasteiger partial charge in [-0.15, -0.1) is 0 Å². The summed E-state index contributed by atoms with van der Waals surface area (Å²) in [7, 11) is -4.07. The number of amides is 1. The molecule has 4 aliphatic heterocycles. The lowest BCUT2D eigenvalue weighted by molar-refractivity contribution is -0.127. The largest absolute Gasteiger partial charge is 0.492 e. The van der Waals surface area contributed by atoms with Crippen molar-refractivity contribution in [3.05, 3.63) is 18.2 Å². The zero-order valence-electron chi connectivity index (χ0n) is 21.3.